The van der Waals surface area contributed by atoms with Gasteiger partial charge in [-0.3, -0.25) is 0 Å². The second-order valence-corrected chi connectivity index (χ2v) is 4.22. The van der Waals surface area contributed by atoms with Crippen LogP contribution in [-0.4, -0.2) is 5.88 Å². The first-order valence-electron chi connectivity index (χ1n) is 3.76. The summed E-state index contributed by atoms with van der Waals surface area (Å²) in [5, 5.41) is 1.98. The van der Waals surface area contributed by atoms with Crippen molar-refractivity contribution in [2.45, 2.75) is 13.3 Å². The van der Waals surface area contributed by atoms with E-state index in [2.05, 4.69) is 13.0 Å². The number of thiophene rings is 1. The van der Waals surface area contributed by atoms with Gasteiger partial charge in [-0.05, 0) is 17.9 Å². The third-order valence-corrected chi connectivity index (χ3v) is 3.18. The molecule has 12 heavy (non-hydrogen) atoms. The van der Waals surface area contributed by atoms with Crippen molar-refractivity contribution in [3.05, 3.63) is 26.9 Å². The molecule has 0 atom stereocenters. The molecule has 0 unspecified atom stereocenters. The molecule has 0 aliphatic rings. The second kappa shape index (κ2) is 4.90. The van der Waals surface area contributed by atoms with Gasteiger partial charge in [0.05, 0.1) is 0 Å². The van der Waals surface area contributed by atoms with Crippen LogP contribution in [0.25, 0.3) is 6.08 Å². The van der Waals surface area contributed by atoms with E-state index >= 15 is 0 Å². The third kappa shape index (κ3) is 2.51. The Kier molecular flexibility index (Phi) is 4.13. The van der Waals surface area contributed by atoms with Crippen molar-refractivity contribution < 1.29 is 0 Å². The summed E-state index contributed by atoms with van der Waals surface area (Å²) in [7, 11) is 0. The van der Waals surface area contributed by atoms with Crippen LogP contribution in [0.4, 0.5) is 0 Å². The molecule has 0 aromatic carbocycles. The first-order valence-corrected chi connectivity index (χ1v) is 5.55. The summed E-state index contributed by atoms with van der Waals surface area (Å²) in [4.78, 5) is 0. The Morgan fingerprint density at radius 3 is 2.83 bits per heavy atom. The van der Waals surface area contributed by atoms with E-state index in [4.69, 9.17) is 23.2 Å². The topological polar surface area (TPSA) is 0 Å². The van der Waals surface area contributed by atoms with E-state index in [1.165, 1.54) is 5.57 Å². The lowest BCUT2D eigenvalue weighted by molar-refractivity contribution is 1.12. The summed E-state index contributed by atoms with van der Waals surface area (Å²) in [5.74, 6) is 0.586. The standard InChI is InChI=1S/C9H10Cl2S/c1-2-7(6-10)5-8-3-4-12-9(8)11/h3-5H,2,6H2,1H3/b7-5-. The fourth-order valence-corrected chi connectivity index (χ4v) is 2.00. The highest BCUT2D eigenvalue weighted by atomic mass is 35.5. The molecule has 1 aromatic heterocycles. The summed E-state index contributed by atoms with van der Waals surface area (Å²) < 4.78 is 0.839. The van der Waals surface area contributed by atoms with Gasteiger partial charge < -0.3 is 0 Å². The Balaban J connectivity index is 2.85. The highest BCUT2D eigenvalue weighted by molar-refractivity contribution is 7.14. The maximum Gasteiger partial charge on any atom is 0.100 e. The lowest BCUT2D eigenvalue weighted by Gasteiger charge is -1.97. The molecule has 0 aliphatic heterocycles. The Hall–Kier alpha value is 0.0200. The van der Waals surface area contributed by atoms with Crippen LogP contribution < -0.4 is 0 Å². The number of hydrogen-bond donors (Lipinski definition) is 0. The third-order valence-electron chi connectivity index (χ3n) is 1.63. The molecule has 0 N–H and O–H groups in total. The fraction of sp³-hybridized carbons (Fsp3) is 0.333. The highest BCUT2D eigenvalue weighted by Crippen LogP contribution is 2.25. The van der Waals surface area contributed by atoms with Gasteiger partial charge in [-0.25, -0.2) is 0 Å². The van der Waals surface area contributed by atoms with Gasteiger partial charge in [0, 0.05) is 11.4 Å². The van der Waals surface area contributed by atoms with Gasteiger partial charge in [-0.15, -0.1) is 22.9 Å². The van der Waals surface area contributed by atoms with Crippen molar-refractivity contribution in [3.8, 4) is 0 Å². The maximum absolute atomic E-state index is 5.93. The minimum absolute atomic E-state index is 0.586. The summed E-state index contributed by atoms with van der Waals surface area (Å²) in [6.07, 6.45) is 3.04. The zero-order valence-corrected chi connectivity index (χ0v) is 9.14. The van der Waals surface area contributed by atoms with E-state index in [1.54, 1.807) is 11.3 Å². The number of allylic oxidation sites excluding steroid dienone is 1. The number of rotatable bonds is 3. The Morgan fingerprint density at radius 2 is 2.42 bits per heavy atom. The van der Waals surface area contributed by atoms with Crippen LogP contribution in [0, 0.1) is 0 Å². The van der Waals surface area contributed by atoms with Gasteiger partial charge in [0.15, 0.2) is 0 Å². The summed E-state index contributed by atoms with van der Waals surface area (Å²) in [6.45, 7) is 2.09. The molecule has 1 heterocycles. The fourth-order valence-electron chi connectivity index (χ4n) is 0.861. The molecule has 3 heteroatoms. The molecule has 0 aliphatic carbocycles. The van der Waals surface area contributed by atoms with Crippen molar-refractivity contribution >= 4 is 40.6 Å². The SMILES string of the molecule is CC/C(=C/c1ccsc1Cl)CCl. The molecular weight excluding hydrogens is 211 g/mol. The summed E-state index contributed by atoms with van der Waals surface area (Å²) >= 11 is 13.2. The van der Waals surface area contributed by atoms with E-state index in [0.29, 0.717) is 5.88 Å². The Bertz CT molecular complexity index is 270. The Labute approximate surface area is 86.8 Å². The van der Waals surface area contributed by atoms with Crippen LogP contribution >= 0.6 is 34.5 Å². The van der Waals surface area contributed by atoms with Crippen molar-refractivity contribution in [1.29, 1.82) is 0 Å². The summed E-state index contributed by atoms with van der Waals surface area (Å²) in [6, 6.07) is 2.01. The molecule has 1 rings (SSSR count). The zero-order chi connectivity index (χ0) is 8.97. The monoisotopic (exact) mass is 220 g/mol. The molecule has 0 saturated heterocycles. The van der Waals surface area contributed by atoms with Crippen LogP contribution in [0.1, 0.15) is 18.9 Å². The van der Waals surface area contributed by atoms with E-state index < -0.39 is 0 Å². The highest BCUT2D eigenvalue weighted by Gasteiger charge is 1.99. The summed E-state index contributed by atoms with van der Waals surface area (Å²) in [5.41, 5.74) is 2.30. The number of hydrogen-bond acceptors (Lipinski definition) is 1. The molecule has 0 bridgehead atoms. The average molecular weight is 221 g/mol. The van der Waals surface area contributed by atoms with E-state index in [9.17, 15) is 0 Å². The van der Waals surface area contributed by atoms with Gasteiger partial charge in [0.2, 0.25) is 0 Å². The minimum Gasteiger partial charge on any atom is -0.131 e. The van der Waals surface area contributed by atoms with Gasteiger partial charge in [-0.1, -0.05) is 30.2 Å². The Morgan fingerprint density at radius 1 is 1.67 bits per heavy atom. The first kappa shape index (κ1) is 10.1. The van der Waals surface area contributed by atoms with Crippen molar-refractivity contribution in [2.24, 2.45) is 0 Å². The van der Waals surface area contributed by atoms with Gasteiger partial charge in [0.1, 0.15) is 4.34 Å². The molecule has 0 amide bonds. The first-order chi connectivity index (χ1) is 5.77. The van der Waals surface area contributed by atoms with Crippen molar-refractivity contribution in [1.82, 2.24) is 0 Å². The smallest absolute Gasteiger partial charge is 0.100 e. The molecule has 66 valence electrons. The average Bonchev–Trinajstić information content (AvgIpc) is 2.47. The van der Waals surface area contributed by atoms with Crippen LogP contribution in [0.15, 0.2) is 17.0 Å². The van der Waals surface area contributed by atoms with Crippen molar-refractivity contribution in [3.63, 3.8) is 0 Å². The molecule has 0 radical (unpaired) electrons. The van der Waals surface area contributed by atoms with Crippen LogP contribution in [0.2, 0.25) is 4.34 Å². The molecule has 1 aromatic rings. The van der Waals surface area contributed by atoms with Gasteiger partial charge in [0.25, 0.3) is 0 Å². The number of alkyl halides is 1. The quantitative estimate of drug-likeness (QED) is 0.662. The largest absolute Gasteiger partial charge is 0.131 e. The zero-order valence-electron chi connectivity index (χ0n) is 6.81. The second-order valence-electron chi connectivity index (χ2n) is 2.44. The molecule has 0 fully saturated rings. The van der Waals surface area contributed by atoms with Crippen LogP contribution in [-0.2, 0) is 0 Å². The van der Waals surface area contributed by atoms with Crippen molar-refractivity contribution in [2.75, 3.05) is 5.88 Å². The predicted molar refractivity (Wildman–Crippen MR) is 58.3 cm³/mol. The van der Waals surface area contributed by atoms with E-state index in [0.717, 1.165) is 16.3 Å². The predicted octanol–water partition coefficient (Wildman–Crippen LogP) is 4.43. The van der Waals surface area contributed by atoms with Gasteiger partial charge >= 0.3 is 0 Å². The van der Waals surface area contributed by atoms with E-state index in [1.807, 2.05) is 11.4 Å². The molecular formula is C9H10Cl2S. The minimum atomic E-state index is 0.586. The van der Waals surface area contributed by atoms with Crippen LogP contribution in [0.3, 0.4) is 0 Å². The molecule has 0 nitrogen and oxygen atoms in total. The van der Waals surface area contributed by atoms with Gasteiger partial charge in [-0.2, -0.15) is 0 Å². The maximum atomic E-state index is 5.93. The normalized spacial score (nSPS) is 12.1. The number of halogens is 2. The molecule has 0 spiro atoms. The lowest BCUT2D eigenvalue weighted by atomic mass is 10.2. The molecule has 0 saturated carbocycles. The van der Waals surface area contributed by atoms with Crippen LogP contribution in [0.5, 0.6) is 0 Å². The lowest BCUT2D eigenvalue weighted by Crippen LogP contribution is -1.80. The van der Waals surface area contributed by atoms with E-state index in [-0.39, 0.29) is 0 Å².